The van der Waals surface area contributed by atoms with E-state index in [0.717, 1.165) is 19.5 Å². The molecule has 0 fully saturated rings. The lowest BCUT2D eigenvalue weighted by Crippen LogP contribution is -2.21. The smallest absolute Gasteiger partial charge is 0.0303 e. The van der Waals surface area contributed by atoms with Gasteiger partial charge in [0.25, 0.3) is 0 Å². The highest BCUT2D eigenvalue weighted by Gasteiger charge is 2.03. The van der Waals surface area contributed by atoms with Crippen molar-refractivity contribution in [3.8, 4) is 0 Å². The Morgan fingerprint density at radius 3 is 3.15 bits per heavy atom. The SMILES string of the molecule is C1=C(Cc2cccnc2)CCNC1. The van der Waals surface area contributed by atoms with Crippen LogP contribution in [0.5, 0.6) is 0 Å². The van der Waals surface area contributed by atoms with E-state index in [2.05, 4.69) is 22.4 Å². The van der Waals surface area contributed by atoms with Gasteiger partial charge in [-0.1, -0.05) is 17.7 Å². The first-order valence-corrected chi connectivity index (χ1v) is 4.73. The van der Waals surface area contributed by atoms with Crippen molar-refractivity contribution in [2.24, 2.45) is 0 Å². The minimum Gasteiger partial charge on any atom is -0.313 e. The van der Waals surface area contributed by atoms with Crippen molar-refractivity contribution in [2.75, 3.05) is 13.1 Å². The third-order valence-electron chi connectivity index (χ3n) is 2.31. The minimum absolute atomic E-state index is 1.02. The second kappa shape index (κ2) is 4.19. The summed E-state index contributed by atoms with van der Waals surface area (Å²) >= 11 is 0. The van der Waals surface area contributed by atoms with Crippen LogP contribution < -0.4 is 5.32 Å². The van der Waals surface area contributed by atoms with E-state index in [1.807, 2.05) is 18.5 Å². The lowest BCUT2D eigenvalue weighted by atomic mass is 10.0. The topological polar surface area (TPSA) is 24.9 Å². The summed E-state index contributed by atoms with van der Waals surface area (Å²) in [6, 6.07) is 4.13. The average Bonchev–Trinajstić information content (AvgIpc) is 2.21. The van der Waals surface area contributed by atoms with Crippen LogP contribution in [-0.2, 0) is 6.42 Å². The van der Waals surface area contributed by atoms with E-state index in [4.69, 9.17) is 0 Å². The molecule has 0 spiro atoms. The average molecular weight is 174 g/mol. The van der Waals surface area contributed by atoms with E-state index in [1.54, 1.807) is 0 Å². The molecule has 1 aliphatic heterocycles. The molecular weight excluding hydrogens is 160 g/mol. The number of nitrogens with one attached hydrogen (secondary N) is 1. The molecule has 2 heteroatoms. The predicted octanol–water partition coefficient (Wildman–Crippen LogP) is 1.54. The van der Waals surface area contributed by atoms with Crippen molar-refractivity contribution >= 4 is 0 Å². The summed E-state index contributed by atoms with van der Waals surface area (Å²) < 4.78 is 0. The summed E-state index contributed by atoms with van der Waals surface area (Å²) in [5, 5.41) is 3.31. The summed E-state index contributed by atoms with van der Waals surface area (Å²) in [6.07, 6.45) is 8.30. The van der Waals surface area contributed by atoms with Gasteiger partial charge in [0.2, 0.25) is 0 Å². The van der Waals surface area contributed by atoms with Gasteiger partial charge < -0.3 is 5.32 Å². The molecule has 68 valence electrons. The zero-order valence-corrected chi connectivity index (χ0v) is 7.66. The largest absolute Gasteiger partial charge is 0.313 e. The monoisotopic (exact) mass is 174 g/mol. The third kappa shape index (κ3) is 2.39. The zero-order chi connectivity index (χ0) is 8.93. The van der Waals surface area contributed by atoms with Gasteiger partial charge in [0.15, 0.2) is 0 Å². The van der Waals surface area contributed by atoms with Crippen LogP contribution >= 0.6 is 0 Å². The van der Waals surface area contributed by atoms with Crippen LogP contribution in [0.25, 0.3) is 0 Å². The first kappa shape index (κ1) is 8.45. The zero-order valence-electron chi connectivity index (χ0n) is 7.66. The van der Waals surface area contributed by atoms with E-state index in [9.17, 15) is 0 Å². The molecule has 1 aromatic rings. The molecule has 2 heterocycles. The van der Waals surface area contributed by atoms with Crippen LogP contribution in [0.15, 0.2) is 36.2 Å². The van der Waals surface area contributed by atoms with Crippen LogP contribution in [0, 0.1) is 0 Å². The van der Waals surface area contributed by atoms with Gasteiger partial charge in [-0.05, 0) is 31.0 Å². The molecule has 0 unspecified atom stereocenters. The van der Waals surface area contributed by atoms with Crippen LogP contribution in [0.2, 0.25) is 0 Å². The summed E-state index contributed by atoms with van der Waals surface area (Å²) in [6.45, 7) is 2.14. The molecule has 0 bridgehead atoms. The molecule has 0 aromatic carbocycles. The number of pyridine rings is 1. The van der Waals surface area contributed by atoms with E-state index >= 15 is 0 Å². The van der Waals surface area contributed by atoms with Gasteiger partial charge in [-0.25, -0.2) is 0 Å². The van der Waals surface area contributed by atoms with Crippen LogP contribution in [0.1, 0.15) is 12.0 Å². The van der Waals surface area contributed by atoms with Gasteiger partial charge in [0.1, 0.15) is 0 Å². The van der Waals surface area contributed by atoms with E-state index in [-0.39, 0.29) is 0 Å². The number of aromatic nitrogens is 1. The molecule has 0 radical (unpaired) electrons. The van der Waals surface area contributed by atoms with Gasteiger partial charge in [-0.15, -0.1) is 0 Å². The number of hydrogen-bond acceptors (Lipinski definition) is 2. The summed E-state index contributed by atoms with van der Waals surface area (Å²) in [5.41, 5.74) is 2.85. The fraction of sp³-hybridized carbons (Fsp3) is 0.364. The summed E-state index contributed by atoms with van der Waals surface area (Å²) in [4.78, 5) is 4.11. The van der Waals surface area contributed by atoms with Gasteiger partial charge in [-0.3, -0.25) is 4.98 Å². The number of hydrogen-bond donors (Lipinski definition) is 1. The molecule has 0 amide bonds. The van der Waals surface area contributed by atoms with Crippen molar-refractivity contribution in [1.29, 1.82) is 0 Å². The molecule has 2 rings (SSSR count). The summed E-state index contributed by atoms with van der Waals surface area (Å²) in [7, 11) is 0. The van der Waals surface area contributed by atoms with Crippen molar-refractivity contribution in [3.63, 3.8) is 0 Å². The van der Waals surface area contributed by atoms with E-state index in [1.165, 1.54) is 17.6 Å². The van der Waals surface area contributed by atoms with Crippen molar-refractivity contribution in [1.82, 2.24) is 10.3 Å². The molecule has 0 aliphatic carbocycles. The highest BCUT2D eigenvalue weighted by Crippen LogP contribution is 2.11. The molecule has 1 N–H and O–H groups in total. The van der Waals surface area contributed by atoms with Crippen molar-refractivity contribution < 1.29 is 0 Å². The lowest BCUT2D eigenvalue weighted by molar-refractivity contribution is 0.691. The standard InChI is InChI=1S/C11H14N2/c1-2-11(9-13-5-1)8-10-3-6-12-7-4-10/h1-3,5,9,12H,4,6-8H2. The van der Waals surface area contributed by atoms with Crippen molar-refractivity contribution in [3.05, 3.63) is 41.7 Å². The van der Waals surface area contributed by atoms with Crippen molar-refractivity contribution in [2.45, 2.75) is 12.8 Å². The third-order valence-corrected chi connectivity index (χ3v) is 2.31. The summed E-state index contributed by atoms with van der Waals surface area (Å²) in [5.74, 6) is 0. The molecule has 0 saturated heterocycles. The van der Waals surface area contributed by atoms with Gasteiger partial charge in [0, 0.05) is 18.9 Å². The number of rotatable bonds is 2. The van der Waals surface area contributed by atoms with E-state index < -0.39 is 0 Å². The maximum absolute atomic E-state index is 4.11. The highest BCUT2D eigenvalue weighted by molar-refractivity contribution is 5.20. The molecule has 13 heavy (non-hydrogen) atoms. The minimum atomic E-state index is 1.02. The quantitative estimate of drug-likeness (QED) is 0.688. The maximum Gasteiger partial charge on any atom is 0.0303 e. The van der Waals surface area contributed by atoms with E-state index in [0.29, 0.717) is 0 Å². The molecule has 0 atom stereocenters. The predicted molar refractivity (Wildman–Crippen MR) is 53.5 cm³/mol. The molecule has 0 saturated carbocycles. The first-order chi connectivity index (χ1) is 6.45. The Hall–Kier alpha value is -1.15. The lowest BCUT2D eigenvalue weighted by Gasteiger charge is -2.13. The van der Waals surface area contributed by atoms with Crippen LogP contribution in [0.3, 0.4) is 0 Å². The first-order valence-electron chi connectivity index (χ1n) is 4.73. The Kier molecular flexibility index (Phi) is 2.72. The normalized spacial score (nSPS) is 16.8. The van der Waals surface area contributed by atoms with Crippen LogP contribution in [0.4, 0.5) is 0 Å². The molecule has 1 aliphatic rings. The molecular formula is C11H14N2. The molecule has 1 aromatic heterocycles. The molecule has 2 nitrogen and oxygen atoms in total. The highest BCUT2D eigenvalue weighted by atomic mass is 14.8. The van der Waals surface area contributed by atoms with Gasteiger partial charge in [-0.2, -0.15) is 0 Å². The van der Waals surface area contributed by atoms with Gasteiger partial charge >= 0.3 is 0 Å². The van der Waals surface area contributed by atoms with Crippen LogP contribution in [-0.4, -0.2) is 18.1 Å². The Balaban J connectivity index is 2.01. The number of nitrogens with zero attached hydrogens (tertiary/aromatic N) is 1. The fourth-order valence-corrected chi connectivity index (χ4v) is 1.60. The maximum atomic E-state index is 4.11. The Morgan fingerprint density at radius 2 is 2.46 bits per heavy atom. The second-order valence-corrected chi connectivity index (χ2v) is 3.35. The fourth-order valence-electron chi connectivity index (χ4n) is 1.60. The Labute approximate surface area is 78.7 Å². The van der Waals surface area contributed by atoms with Gasteiger partial charge in [0.05, 0.1) is 0 Å². The second-order valence-electron chi connectivity index (χ2n) is 3.35. The Morgan fingerprint density at radius 1 is 1.46 bits per heavy atom. The Bertz CT molecular complexity index is 290.